The topological polar surface area (TPSA) is 72.7 Å². The zero-order valence-corrected chi connectivity index (χ0v) is 11.7. The van der Waals surface area contributed by atoms with Gasteiger partial charge in [-0.3, -0.25) is 14.9 Å². The third-order valence-corrected chi connectivity index (χ3v) is 3.59. The van der Waals surface area contributed by atoms with E-state index in [0.717, 1.165) is 6.42 Å². The van der Waals surface area contributed by atoms with Crippen molar-refractivity contribution in [3.63, 3.8) is 0 Å². The Balaban J connectivity index is 2.44. The quantitative estimate of drug-likeness (QED) is 0.480. The second-order valence-corrected chi connectivity index (χ2v) is 4.85. The third kappa shape index (κ3) is 2.80. The second-order valence-electron chi connectivity index (χ2n) is 4.85. The van der Waals surface area contributed by atoms with Crippen LogP contribution < -0.4 is 4.90 Å². The van der Waals surface area contributed by atoms with Crippen molar-refractivity contribution in [2.24, 2.45) is 0 Å². The number of nitro groups is 1. The molecule has 1 atom stereocenters. The van der Waals surface area contributed by atoms with Gasteiger partial charge in [-0.25, -0.2) is 0 Å². The van der Waals surface area contributed by atoms with E-state index in [9.17, 15) is 14.9 Å². The van der Waals surface area contributed by atoms with E-state index in [1.807, 2.05) is 11.8 Å². The van der Waals surface area contributed by atoms with Gasteiger partial charge in [0.1, 0.15) is 5.69 Å². The number of Topliss-reactive ketones (excluding diaryl/α,β-unsaturated/α-hetero) is 1. The lowest BCUT2D eigenvalue weighted by atomic mass is 10.1. The normalized spacial score (nSPS) is 18.9. The van der Waals surface area contributed by atoms with E-state index in [1.54, 1.807) is 12.1 Å². The van der Waals surface area contributed by atoms with Crippen LogP contribution in [0.1, 0.15) is 30.6 Å². The van der Waals surface area contributed by atoms with Gasteiger partial charge in [-0.05, 0) is 25.5 Å². The van der Waals surface area contributed by atoms with Crippen LogP contribution in [0, 0.1) is 10.1 Å². The maximum Gasteiger partial charge on any atom is 0.293 e. The van der Waals surface area contributed by atoms with Crippen LogP contribution in [0.5, 0.6) is 0 Å². The lowest BCUT2D eigenvalue weighted by Crippen LogP contribution is -2.45. The Labute approximate surface area is 117 Å². The Morgan fingerprint density at radius 2 is 2.30 bits per heavy atom. The summed E-state index contributed by atoms with van der Waals surface area (Å²) < 4.78 is 5.42. The molecule has 1 aromatic rings. The molecule has 1 unspecified atom stereocenters. The first-order valence-electron chi connectivity index (χ1n) is 6.68. The molecule has 6 heteroatoms. The third-order valence-electron chi connectivity index (χ3n) is 3.59. The summed E-state index contributed by atoms with van der Waals surface area (Å²) in [5.41, 5.74) is 0.912. The van der Waals surface area contributed by atoms with Gasteiger partial charge in [0.25, 0.3) is 5.69 Å². The second kappa shape index (κ2) is 6.00. The summed E-state index contributed by atoms with van der Waals surface area (Å²) in [7, 11) is 0. The van der Waals surface area contributed by atoms with E-state index in [0.29, 0.717) is 31.0 Å². The Kier molecular flexibility index (Phi) is 4.34. The molecule has 20 heavy (non-hydrogen) atoms. The molecule has 0 saturated carbocycles. The van der Waals surface area contributed by atoms with E-state index in [1.165, 1.54) is 13.0 Å². The average molecular weight is 278 g/mol. The molecule has 0 spiro atoms. The minimum atomic E-state index is -0.427. The van der Waals surface area contributed by atoms with Gasteiger partial charge in [0, 0.05) is 18.2 Å². The highest BCUT2D eigenvalue weighted by molar-refractivity contribution is 5.95. The summed E-state index contributed by atoms with van der Waals surface area (Å²) >= 11 is 0. The molecule has 0 amide bonds. The van der Waals surface area contributed by atoms with Crippen LogP contribution in [0.15, 0.2) is 18.2 Å². The average Bonchev–Trinajstić information content (AvgIpc) is 2.46. The number of ether oxygens (including phenoxy) is 1. The van der Waals surface area contributed by atoms with Crippen molar-refractivity contribution in [1.82, 2.24) is 0 Å². The molecule has 0 N–H and O–H groups in total. The number of morpholine rings is 1. The van der Waals surface area contributed by atoms with Crippen molar-refractivity contribution in [1.29, 1.82) is 0 Å². The van der Waals surface area contributed by atoms with Crippen molar-refractivity contribution in [2.75, 3.05) is 24.7 Å². The van der Waals surface area contributed by atoms with Crippen LogP contribution in [-0.2, 0) is 4.74 Å². The Bertz CT molecular complexity index is 530. The predicted octanol–water partition coefficient (Wildman–Crippen LogP) is 2.41. The number of rotatable bonds is 4. The first-order chi connectivity index (χ1) is 9.54. The van der Waals surface area contributed by atoms with E-state index >= 15 is 0 Å². The molecule has 6 nitrogen and oxygen atoms in total. The molecular formula is C14H18N2O4. The molecule has 108 valence electrons. The number of hydrogen-bond acceptors (Lipinski definition) is 5. The molecule has 1 aromatic carbocycles. The fraction of sp³-hybridized carbons (Fsp3) is 0.500. The smallest absolute Gasteiger partial charge is 0.293 e. The fourth-order valence-electron chi connectivity index (χ4n) is 2.44. The number of benzene rings is 1. The Morgan fingerprint density at radius 3 is 2.90 bits per heavy atom. The highest BCUT2D eigenvalue weighted by Crippen LogP contribution is 2.32. The van der Waals surface area contributed by atoms with Gasteiger partial charge in [0.15, 0.2) is 5.78 Å². The summed E-state index contributed by atoms with van der Waals surface area (Å²) in [5.74, 6) is -0.173. The van der Waals surface area contributed by atoms with Gasteiger partial charge in [-0.15, -0.1) is 0 Å². The number of hydrogen-bond donors (Lipinski definition) is 0. The molecule has 0 radical (unpaired) electrons. The summed E-state index contributed by atoms with van der Waals surface area (Å²) in [6, 6.07) is 4.81. The number of nitrogens with zero attached hydrogens (tertiary/aromatic N) is 2. The molecule has 2 rings (SSSR count). The van der Waals surface area contributed by atoms with Gasteiger partial charge >= 0.3 is 0 Å². The van der Waals surface area contributed by atoms with Gasteiger partial charge in [-0.2, -0.15) is 0 Å². The van der Waals surface area contributed by atoms with Crippen molar-refractivity contribution in [3.05, 3.63) is 33.9 Å². The van der Waals surface area contributed by atoms with Gasteiger partial charge in [-0.1, -0.05) is 6.92 Å². The Hall–Kier alpha value is -1.95. The van der Waals surface area contributed by atoms with Crippen LogP contribution in [0.3, 0.4) is 0 Å². The van der Waals surface area contributed by atoms with Crippen molar-refractivity contribution in [2.45, 2.75) is 26.3 Å². The maximum absolute atomic E-state index is 11.4. The lowest BCUT2D eigenvalue weighted by molar-refractivity contribution is -0.384. The number of anilines is 1. The number of nitro benzene ring substituents is 1. The van der Waals surface area contributed by atoms with Crippen molar-refractivity contribution >= 4 is 17.2 Å². The largest absolute Gasteiger partial charge is 0.377 e. The molecule has 0 bridgehead atoms. The highest BCUT2D eigenvalue weighted by Gasteiger charge is 2.28. The first kappa shape index (κ1) is 14.5. The van der Waals surface area contributed by atoms with E-state index in [4.69, 9.17) is 4.74 Å². The lowest BCUT2D eigenvalue weighted by Gasteiger charge is -2.36. The minimum absolute atomic E-state index is 0.0157. The van der Waals surface area contributed by atoms with Crippen LogP contribution in [0.2, 0.25) is 0 Å². The van der Waals surface area contributed by atoms with E-state index in [2.05, 4.69) is 0 Å². The van der Waals surface area contributed by atoms with Gasteiger partial charge in [0.2, 0.25) is 0 Å². The fourth-order valence-corrected chi connectivity index (χ4v) is 2.44. The zero-order chi connectivity index (χ0) is 14.7. The molecule has 1 fully saturated rings. The maximum atomic E-state index is 11.4. The standard InChI is InChI=1S/C14H18N2O4/c1-3-12-9-20-7-6-15(12)13-5-4-11(10(2)17)8-14(13)16(18)19/h4-5,8,12H,3,6-7,9H2,1-2H3. The van der Waals surface area contributed by atoms with Crippen LogP contribution in [-0.4, -0.2) is 36.5 Å². The van der Waals surface area contributed by atoms with Gasteiger partial charge < -0.3 is 9.64 Å². The van der Waals surface area contributed by atoms with Crippen LogP contribution in [0.4, 0.5) is 11.4 Å². The molecule has 1 saturated heterocycles. The van der Waals surface area contributed by atoms with Crippen molar-refractivity contribution in [3.8, 4) is 0 Å². The van der Waals surface area contributed by atoms with E-state index < -0.39 is 4.92 Å². The molecule has 0 aliphatic carbocycles. The summed E-state index contributed by atoms with van der Waals surface area (Å²) in [6.45, 7) is 5.19. The highest BCUT2D eigenvalue weighted by atomic mass is 16.6. The molecular weight excluding hydrogens is 260 g/mol. The summed E-state index contributed by atoms with van der Waals surface area (Å²) in [5, 5.41) is 11.3. The van der Waals surface area contributed by atoms with E-state index in [-0.39, 0.29) is 17.5 Å². The SMILES string of the molecule is CCC1COCCN1c1ccc(C(C)=O)cc1[N+](=O)[O-]. The number of ketones is 1. The predicted molar refractivity (Wildman–Crippen MR) is 75.3 cm³/mol. The number of carbonyl (C=O) groups is 1. The van der Waals surface area contributed by atoms with Gasteiger partial charge in [0.05, 0.1) is 24.2 Å². The monoisotopic (exact) mass is 278 g/mol. The molecule has 1 heterocycles. The molecule has 1 aliphatic heterocycles. The first-order valence-corrected chi connectivity index (χ1v) is 6.68. The zero-order valence-electron chi connectivity index (χ0n) is 11.7. The Morgan fingerprint density at radius 1 is 1.55 bits per heavy atom. The van der Waals surface area contributed by atoms with Crippen LogP contribution in [0.25, 0.3) is 0 Å². The van der Waals surface area contributed by atoms with Crippen molar-refractivity contribution < 1.29 is 14.5 Å². The number of carbonyl (C=O) groups excluding carboxylic acids is 1. The minimum Gasteiger partial charge on any atom is -0.377 e. The molecule has 1 aliphatic rings. The summed E-state index contributed by atoms with van der Waals surface area (Å²) in [4.78, 5) is 24.2. The van der Waals surface area contributed by atoms with Crippen LogP contribution >= 0.6 is 0 Å². The molecule has 0 aromatic heterocycles. The summed E-state index contributed by atoms with van der Waals surface area (Å²) in [6.07, 6.45) is 0.853.